The summed E-state index contributed by atoms with van der Waals surface area (Å²) in [5.74, 6) is 0.732. The number of hydrogen-bond donors (Lipinski definition) is 2. The van der Waals surface area contributed by atoms with Crippen LogP contribution in [-0.2, 0) is 19.8 Å². The van der Waals surface area contributed by atoms with Gasteiger partial charge in [0.15, 0.2) is 0 Å². The van der Waals surface area contributed by atoms with Gasteiger partial charge in [-0.15, -0.1) is 0 Å². The number of hydrogen-bond acceptors (Lipinski definition) is 3. The Kier molecular flexibility index (Phi) is 4.28. The molecule has 0 saturated heterocycles. The highest BCUT2D eigenvalue weighted by molar-refractivity contribution is 5.63. The van der Waals surface area contributed by atoms with Gasteiger partial charge in [0, 0.05) is 24.0 Å². The quantitative estimate of drug-likeness (QED) is 0.747. The maximum Gasteiger partial charge on any atom is 0.419 e. The van der Waals surface area contributed by atoms with Gasteiger partial charge in [0.05, 0.1) is 29.7 Å². The van der Waals surface area contributed by atoms with E-state index >= 15 is 0 Å². The molecule has 0 saturated carbocycles. The third-order valence-corrected chi connectivity index (χ3v) is 4.09. The second-order valence-corrected chi connectivity index (χ2v) is 5.86. The molecule has 1 aromatic carbocycles. The van der Waals surface area contributed by atoms with Crippen molar-refractivity contribution in [3.8, 4) is 11.4 Å². The molecule has 0 atom stereocenters. The molecule has 3 rings (SSSR count). The first-order chi connectivity index (χ1) is 11.8. The molecular weight excluding hydrogens is 331 g/mol. The van der Waals surface area contributed by atoms with Crippen molar-refractivity contribution in [1.29, 1.82) is 0 Å². The number of halogens is 3. The highest BCUT2D eigenvalue weighted by Crippen LogP contribution is 2.32. The van der Waals surface area contributed by atoms with Crippen molar-refractivity contribution < 1.29 is 13.2 Å². The van der Waals surface area contributed by atoms with Crippen LogP contribution in [0, 0.1) is 13.8 Å². The summed E-state index contributed by atoms with van der Waals surface area (Å²) in [5.41, 5.74) is 2.83. The molecule has 0 fully saturated rings. The predicted molar refractivity (Wildman–Crippen MR) is 89.0 cm³/mol. The molecule has 0 unspecified atom stereocenters. The van der Waals surface area contributed by atoms with Gasteiger partial charge >= 0.3 is 6.18 Å². The van der Waals surface area contributed by atoms with E-state index in [9.17, 15) is 13.2 Å². The Bertz CT molecular complexity index is 873. The first-order valence-corrected chi connectivity index (χ1v) is 7.71. The third-order valence-electron chi connectivity index (χ3n) is 4.09. The van der Waals surface area contributed by atoms with E-state index in [1.54, 1.807) is 6.07 Å². The molecule has 3 aromatic rings. The second-order valence-electron chi connectivity index (χ2n) is 5.86. The average molecular weight is 349 g/mol. The summed E-state index contributed by atoms with van der Waals surface area (Å²) in [5, 5.41) is 6.74. The molecule has 25 heavy (non-hydrogen) atoms. The Morgan fingerprint density at radius 2 is 2.00 bits per heavy atom. The van der Waals surface area contributed by atoms with Crippen LogP contribution < -0.4 is 5.32 Å². The fraction of sp³-hybridized carbons (Fsp3) is 0.294. The normalized spacial score (nSPS) is 11.8. The van der Waals surface area contributed by atoms with Crippen molar-refractivity contribution in [2.45, 2.75) is 26.6 Å². The Hall–Kier alpha value is -2.77. The fourth-order valence-corrected chi connectivity index (χ4v) is 2.56. The fourth-order valence-electron chi connectivity index (χ4n) is 2.56. The minimum absolute atomic E-state index is 0.0189. The smallest absolute Gasteiger partial charge is 0.379 e. The van der Waals surface area contributed by atoms with Crippen LogP contribution in [0.15, 0.2) is 30.5 Å². The lowest BCUT2D eigenvalue weighted by Crippen LogP contribution is -2.13. The van der Waals surface area contributed by atoms with Crippen molar-refractivity contribution in [2.75, 3.05) is 5.32 Å². The van der Waals surface area contributed by atoms with E-state index < -0.39 is 11.7 Å². The van der Waals surface area contributed by atoms with Crippen molar-refractivity contribution in [3.63, 3.8) is 0 Å². The molecule has 0 amide bonds. The zero-order chi connectivity index (χ0) is 18.2. The lowest BCUT2D eigenvalue weighted by atomic mass is 10.2. The van der Waals surface area contributed by atoms with E-state index in [1.165, 1.54) is 11.7 Å². The van der Waals surface area contributed by atoms with Crippen molar-refractivity contribution >= 4 is 5.69 Å². The van der Waals surface area contributed by atoms with E-state index in [-0.39, 0.29) is 12.2 Å². The van der Waals surface area contributed by atoms with Crippen LogP contribution in [-0.4, -0.2) is 19.7 Å². The van der Waals surface area contributed by atoms with Crippen molar-refractivity contribution in [2.24, 2.45) is 7.05 Å². The minimum atomic E-state index is -4.42. The SMILES string of the molecule is Cc1nc(-c2cccc(NCc3c(C(F)(F)F)cnn3C)c2)[nH]c1C. The summed E-state index contributed by atoms with van der Waals surface area (Å²) >= 11 is 0. The number of benzene rings is 1. The lowest BCUT2D eigenvalue weighted by molar-refractivity contribution is -0.138. The number of aromatic nitrogens is 4. The summed E-state index contributed by atoms with van der Waals surface area (Å²) in [4.78, 5) is 7.64. The standard InChI is InChI=1S/C17H18F3N5/c1-10-11(2)24-16(23-10)12-5-4-6-13(7-12)21-9-15-14(17(18,19)20)8-22-25(15)3/h4-8,21H,9H2,1-3H3,(H,23,24). The molecule has 2 N–H and O–H groups in total. The summed E-state index contributed by atoms with van der Waals surface area (Å²) < 4.78 is 40.3. The molecule has 0 aliphatic rings. The lowest BCUT2D eigenvalue weighted by Gasteiger charge is -2.11. The maximum absolute atomic E-state index is 13.0. The van der Waals surface area contributed by atoms with E-state index in [4.69, 9.17) is 0 Å². The number of H-pyrrole nitrogens is 1. The predicted octanol–water partition coefficient (Wildman–Crippen LogP) is 4.06. The Morgan fingerprint density at radius 1 is 1.24 bits per heavy atom. The number of rotatable bonds is 4. The topological polar surface area (TPSA) is 58.5 Å². The number of alkyl halides is 3. The Balaban J connectivity index is 1.81. The summed E-state index contributed by atoms with van der Waals surface area (Å²) in [6, 6.07) is 7.38. The van der Waals surface area contributed by atoms with E-state index in [0.717, 1.165) is 29.0 Å². The molecule has 0 spiro atoms. The summed E-state index contributed by atoms with van der Waals surface area (Å²) in [7, 11) is 1.50. The van der Waals surface area contributed by atoms with Crippen molar-refractivity contribution in [1.82, 2.24) is 19.7 Å². The van der Waals surface area contributed by atoms with Gasteiger partial charge in [0.2, 0.25) is 0 Å². The van der Waals surface area contributed by atoms with Gasteiger partial charge in [-0.05, 0) is 26.0 Å². The van der Waals surface area contributed by atoms with Gasteiger partial charge < -0.3 is 10.3 Å². The number of aryl methyl sites for hydroxylation is 3. The van der Waals surface area contributed by atoms with Gasteiger partial charge in [0.1, 0.15) is 5.82 Å². The van der Waals surface area contributed by atoms with Crippen LogP contribution in [0.25, 0.3) is 11.4 Å². The largest absolute Gasteiger partial charge is 0.419 e. The highest BCUT2D eigenvalue weighted by Gasteiger charge is 2.35. The molecule has 2 aromatic heterocycles. The molecule has 132 valence electrons. The molecule has 0 bridgehead atoms. The molecule has 2 heterocycles. The van der Waals surface area contributed by atoms with E-state index in [0.29, 0.717) is 5.69 Å². The number of imidazole rings is 1. The van der Waals surface area contributed by atoms with Gasteiger partial charge in [-0.3, -0.25) is 4.68 Å². The molecule has 0 aliphatic carbocycles. The zero-order valence-electron chi connectivity index (χ0n) is 14.1. The highest BCUT2D eigenvalue weighted by atomic mass is 19.4. The van der Waals surface area contributed by atoms with Crippen LogP contribution in [0.5, 0.6) is 0 Å². The molecule has 5 nitrogen and oxygen atoms in total. The van der Waals surface area contributed by atoms with Crippen LogP contribution >= 0.6 is 0 Å². The first kappa shape index (κ1) is 17.1. The second kappa shape index (κ2) is 6.27. The molecule has 0 aliphatic heterocycles. The number of aromatic amines is 1. The Labute approximate surface area is 142 Å². The monoisotopic (exact) mass is 349 g/mol. The minimum Gasteiger partial charge on any atom is -0.379 e. The third kappa shape index (κ3) is 3.52. The number of nitrogens with one attached hydrogen (secondary N) is 2. The summed E-state index contributed by atoms with van der Waals surface area (Å²) in [6.45, 7) is 3.87. The van der Waals surface area contributed by atoms with E-state index in [2.05, 4.69) is 20.4 Å². The van der Waals surface area contributed by atoms with Gasteiger partial charge in [-0.25, -0.2) is 4.98 Å². The number of anilines is 1. The van der Waals surface area contributed by atoms with Gasteiger partial charge in [-0.1, -0.05) is 12.1 Å². The Morgan fingerprint density at radius 3 is 2.64 bits per heavy atom. The maximum atomic E-state index is 13.0. The van der Waals surface area contributed by atoms with Gasteiger partial charge in [-0.2, -0.15) is 18.3 Å². The molecule has 8 heteroatoms. The van der Waals surface area contributed by atoms with Crippen LogP contribution in [0.3, 0.4) is 0 Å². The van der Waals surface area contributed by atoms with Crippen LogP contribution in [0.4, 0.5) is 18.9 Å². The van der Waals surface area contributed by atoms with E-state index in [1.807, 2.05) is 32.0 Å². The summed E-state index contributed by atoms with van der Waals surface area (Å²) in [6.07, 6.45) is -3.57. The van der Waals surface area contributed by atoms with Crippen molar-refractivity contribution in [3.05, 3.63) is 53.1 Å². The molecular formula is C17H18F3N5. The molecule has 0 radical (unpaired) electrons. The first-order valence-electron chi connectivity index (χ1n) is 7.71. The zero-order valence-corrected chi connectivity index (χ0v) is 14.1. The van der Waals surface area contributed by atoms with Crippen LogP contribution in [0.1, 0.15) is 22.6 Å². The van der Waals surface area contributed by atoms with Crippen LogP contribution in [0.2, 0.25) is 0 Å². The number of nitrogens with zero attached hydrogens (tertiary/aromatic N) is 3. The average Bonchev–Trinajstić information content (AvgIpc) is 3.08. The van der Waals surface area contributed by atoms with Gasteiger partial charge in [0.25, 0.3) is 0 Å².